The fraction of sp³-hybridized carbons (Fsp3) is 0.400. The second-order valence-electron chi connectivity index (χ2n) is 3.28. The molecule has 0 amide bonds. The molecule has 2 rings (SSSR count). The van der Waals surface area contributed by atoms with Crippen molar-refractivity contribution in [2.24, 2.45) is 5.73 Å². The molecule has 1 aromatic carbocycles. The number of rotatable bonds is 2. The van der Waals surface area contributed by atoms with Crippen LogP contribution in [0.25, 0.3) is 0 Å². The summed E-state index contributed by atoms with van der Waals surface area (Å²) >= 11 is 3.19. The highest BCUT2D eigenvalue weighted by Crippen LogP contribution is 2.33. The summed E-state index contributed by atoms with van der Waals surface area (Å²) in [5, 5.41) is 0. The maximum absolute atomic E-state index is 13.7. The van der Waals surface area contributed by atoms with Crippen molar-refractivity contribution in [1.82, 2.24) is 0 Å². The van der Waals surface area contributed by atoms with E-state index in [1.807, 2.05) is 0 Å². The maximum Gasteiger partial charge on any atom is 0.210 e. The third kappa shape index (κ3) is 1.92. The Bertz CT molecular complexity index is 366. The van der Waals surface area contributed by atoms with Crippen molar-refractivity contribution in [2.45, 2.75) is 5.79 Å². The van der Waals surface area contributed by atoms with Crippen LogP contribution >= 0.6 is 15.9 Å². The van der Waals surface area contributed by atoms with Crippen LogP contribution in [0.1, 0.15) is 5.56 Å². The number of nitrogens with two attached hydrogens (primary N) is 1. The number of hydrogen-bond acceptors (Lipinski definition) is 3. The lowest BCUT2D eigenvalue weighted by atomic mass is 10.1. The van der Waals surface area contributed by atoms with Crippen LogP contribution in [0, 0.1) is 5.82 Å². The first-order chi connectivity index (χ1) is 7.18. The van der Waals surface area contributed by atoms with E-state index in [-0.39, 0.29) is 12.4 Å². The van der Waals surface area contributed by atoms with E-state index in [1.165, 1.54) is 6.07 Å². The molecular weight excluding hydrogens is 265 g/mol. The van der Waals surface area contributed by atoms with E-state index in [0.717, 1.165) is 0 Å². The summed E-state index contributed by atoms with van der Waals surface area (Å²) in [5.74, 6) is -1.48. The third-order valence-electron chi connectivity index (χ3n) is 2.36. The van der Waals surface area contributed by atoms with Gasteiger partial charge in [-0.2, -0.15) is 0 Å². The van der Waals surface area contributed by atoms with E-state index >= 15 is 0 Å². The fourth-order valence-corrected chi connectivity index (χ4v) is 1.97. The molecule has 1 aliphatic rings. The quantitative estimate of drug-likeness (QED) is 0.895. The SMILES string of the molecule is NCC1(c2ccc(Br)cc2F)OCCO1. The molecule has 3 nitrogen and oxygen atoms in total. The molecule has 0 bridgehead atoms. The number of hydrogen-bond donors (Lipinski definition) is 1. The summed E-state index contributed by atoms with van der Waals surface area (Å²) in [6.07, 6.45) is 0. The van der Waals surface area contributed by atoms with Crippen molar-refractivity contribution in [3.8, 4) is 0 Å². The normalized spacial score (nSPS) is 19.4. The molecule has 0 aromatic heterocycles. The van der Waals surface area contributed by atoms with Crippen LogP contribution in [0.3, 0.4) is 0 Å². The number of ether oxygens (including phenoxy) is 2. The summed E-state index contributed by atoms with van der Waals surface area (Å²) in [4.78, 5) is 0. The van der Waals surface area contributed by atoms with Crippen LogP contribution in [0.4, 0.5) is 4.39 Å². The van der Waals surface area contributed by atoms with Crippen molar-refractivity contribution in [2.75, 3.05) is 19.8 Å². The van der Waals surface area contributed by atoms with Gasteiger partial charge in [-0.1, -0.05) is 15.9 Å². The molecule has 2 N–H and O–H groups in total. The smallest absolute Gasteiger partial charge is 0.210 e. The molecule has 0 unspecified atom stereocenters. The van der Waals surface area contributed by atoms with Gasteiger partial charge in [0.1, 0.15) is 5.82 Å². The van der Waals surface area contributed by atoms with E-state index in [4.69, 9.17) is 15.2 Å². The first kappa shape index (κ1) is 11.0. The number of halogens is 2. The lowest BCUT2D eigenvalue weighted by molar-refractivity contribution is -0.158. The van der Waals surface area contributed by atoms with E-state index in [0.29, 0.717) is 23.2 Å². The Hall–Kier alpha value is -0.490. The lowest BCUT2D eigenvalue weighted by Crippen LogP contribution is -2.37. The van der Waals surface area contributed by atoms with Gasteiger partial charge in [0.05, 0.1) is 19.8 Å². The molecule has 0 saturated carbocycles. The first-order valence-corrected chi connectivity index (χ1v) is 5.41. The average Bonchev–Trinajstić information content (AvgIpc) is 2.67. The zero-order valence-electron chi connectivity index (χ0n) is 8.00. The molecule has 1 aromatic rings. The Kier molecular flexibility index (Phi) is 3.06. The van der Waals surface area contributed by atoms with Gasteiger partial charge in [0.25, 0.3) is 0 Å². The molecule has 82 valence electrons. The van der Waals surface area contributed by atoms with Gasteiger partial charge >= 0.3 is 0 Å². The van der Waals surface area contributed by atoms with Crippen molar-refractivity contribution >= 4 is 15.9 Å². The zero-order valence-corrected chi connectivity index (χ0v) is 9.59. The average molecular weight is 276 g/mol. The zero-order chi connectivity index (χ0) is 10.9. The van der Waals surface area contributed by atoms with Gasteiger partial charge in [0.15, 0.2) is 0 Å². The molecule has 5 heteroatoms. The maximum atomic E-state index is 13.7. The Morgan fingerprint density at radius 1 is 1.40 bits per heavy atom. The molecule has 1 saturated heterocycles. The van der Waals surface area contributed by atoms with E-state index in [9.17, 15) is 4.39 Å². The second kappa shape index (κ2) is 4.17. The minimum atomic E-state index is -1.11. The topological polar surface area (TPSA) is 44.5 Å². The molecule has 1 aliphatic heterocycles. The molecule has 0 aliphatic carbocycles. The Morgan fingerprint density at radius 3 is 2.60 bits per heavy atom. The highest BCUT2D eigenvalue weighted by molar-refractivity contribution is 9.10. The van der Waals surface area contributed by atoms with Crippen molar-refractivity contribution in [3.63, 3.8) is 0 Å². The Balaban J connectivity index is 2.42. The second-order valence-corrected chi connectivity index (χ2v) is 4.19. The minimum Gasteiger partial charge on any atom is -0.342 e. The Labute approximate surface area is 95.5 Å². The van der Waals surface area contributed by atoms with Crippen molar-refractivity contribution in [3.05, 3.63) is 34.1 Å². The van der Waals surface area contributed by atoms with Crippen LogP contribution in [0.2, 0.25) is 0 Å². The van der Waals surface area contributed by atoms with Gasteiger partial charge < -0.3 is 15.2 Å². The van der Waals surface area contributed by atoms with Gasteiger partial charge in [0, 0.05) is 10.0 Å². The van der Waals surface area contributed by atoms with Crippen LogP contribution in [-0.2, 0) is 15.3 Å². The summed E-state index contributed by atoms with van der Waals surface area (Å²) in [7, 11) is 0. The van der Waals surface area contributed by atoms with Gasteiger partial charge in [0.2, 0.25) is 5.79 Å². The van der Waals surface area contributed by atoms with Gasteiger partial charge in [-0.05, 0) is 18.2 Å². The molecule has 0 atom stereocenters. The van der Waals surface area contributed by atoms with Gasteiger partial charge in [-0.25, -0.2) is 4.39 Å². The fourth-order valence-electron chi connectivity index (χ4n) is 1.64. The Morgan fingerprint density at radius 2 is 2.07 bits per heavy atom. The summed E-state index contributed by atoms with van der Waals surface area (Å²) in [5.41, 5.74) is 5.93. The van der Waals surface area contributed by atoms with Gasteiger partial charge in [-0.3, -0.25) is 0 Å². The van der Waals surface area contributed by atoms with Crippen LogP contribution in [-0.4, -0.2) is 19.8 Å². The van der Waals surface area contributed by atoms with Crippen molar-refractivity contribution in [1.29, 1.82) is 0 Å². The van der Waals surface area contributed by atoms with Crippen LogP contribution in [0.5, 0.6) is 0 Å². The molecule has 1 fully saturated rings. The summed E-state index contributed by atoms with van der Waals surface area (Å²) in [6.45, 7) is 0.977. The summed E-state index contributed by atoms with van der Waals surface area (Å²) < 4.78 is 25.2. The third-order valence-corrected chi connectivity index (χ3v) is 2.86. The molecular formula is C10H11BrFNO2. The first-order valence-electron chi connectivity index (χ1n) is 4.61. The predicted molar refractivity (Wildman–Crippen MR) is 56.7 cm³/mol. The van der Waals surface area contributed by atoms with E-state index in [2.05, 4.69) is 15.9 Å². The molecule has 15 heavy (non-hydrogen) atoms. The monoisotopic (exact) mass is 275 g/mol. The predicted octanol–water partition coefficient (Wildman–Crippen LogP) is 1.75. The van der Waals surface area contributed by atoms with Crippen molar-refractivity contribution < 1.29 is 13.9 Å². The molecule has 0 radical (unpaired) electrons. The van der Waals surface area contributed by atoms with Crippen LogP contribution in [0.15, 0.2) is 22.7 Å². The van der Waals surface area contributed by atoms with E-state index < -0.39 is 5.79 Å². The van der Waals surface area contributed by atoms with Gasteiger partial charge in [-0.15, -0.1) is 0 Å². The standard InChI is InChI=1S/C10H11BrFNO2/c11-7-1-2-8(9(12)5-7)10(6-13)14-3-4-15-10/h1-2,5H,3-4,6,13H2. The van der Waals surface area contributed by atoms with E-state index in [1.54, 1.807) is 12.1 Å². The minimum absolute atomic E-state index is 0.103. The van der Waals surface area contributed by atoms with Crippen LogP contribution < -0.4 is 5.73 Å². The molecule has 1 heterocycles. The number of benzene rings is 1. The lowest BCUT2D eigenvalue weighted by Gasteiger charge is -2.26. The largest absolute Gasteiger partial charge is 0.342 e. The highest BCUT2D eigenvalue weighted by atomic mass is 79.9. The molecule has 0 spiro atoms. The highest BCUT2D eigenvalue weighted by Gasteiger charge is 2.39. The summed E-state index contributed by atoms with van der Waals surface area (Å²) in [6, 6.07) is 4.73.